The van der Waals surface area contributed by atoms with Gasteiger partial charge in [-0.3, -0.25) is 9.69 Å². The molecule has 0 saturated heterocycles. The van der Waals surface area contributed by atoms with Crippen molar-refractivity contribution in [1.82, 2.24) is 10.2 Å². The summed E-state index contributed by atoms with van der Waals surface area (Å²) in [5.74, 6) is 0.135. The molecule has 1 amide bonds. The van der Waals surface area contributed by atoms with Crippen molar-refractivity contribution in [1.29, 1.82) is 0 Å². The summed E-state index contributed by atoms with van der Waals surface area (Å²) in [6, 6.07) is 10.7. The minimum atomic E-state index is 0.135. The monoisotopic (exact) mass is 261 g/mol. The van der Waals surface area contributed by atoms with Crippen LogP contribution in [-0.4, -0.2) is 36.5 Å². The lowest BCUT2D eigenvalue weighted by Gasteiger charge is -2.21. The Labute approximate surface area is 115 Å². The van der Waals surface area contributed by atoms with Crippen LogP contribution in [0.2, 0.25) is 0 Å². The van der Waals surface area contributed by atoms with Crippen LogP contribution in [-0.2, 0) is 11.3 Å². The van der Waals surface area contributed by atoms with Crippen LogP contribution in [0.1, 0.15) is 24.8 Å². The van der Waals surface area contributed by atoms with E-state index in [1.54, 1.807) is 0 Å². The average molecular weight is 261 g/mol. The number of carbonyl (C=O) groups excluding carboxylic acids is 1. The number of carbonyl (C=O) groups is 1. The van der Waals surface area contributed by atoms with Gasteiger partial charge in [-0.15, -0.1) is 0 Å². The van der Waals surface area contributed by atoms with Gasteiger partial charge in [0.15, 0.2) is 0 Å². The van der Waals surface area contributed by atoms with Gasteiger partial charge in [0.2, 0.25) is 5.91 Å². The molecule has 3 N–H and O–H groups in total. The highest BCUT2D eigenvalue weighted by Crippen LogP contribution is 2.18. The maximum absolute atomic E-state index is 11.9. The summed E-state index contributed by atoms with van der Waals surface area (Å²) in [5.41, 5.74) is 6.80. The van der Waals surface area contributed by atoms with Crippen molar-refractivity contribution in [3.05, 3.63) is 35.9 Å². The van der Waals surface area contributed by atoms with Crippen molar-refractivity contribution in [2.24, 2.45) is 5.73 Å². The summed E-state index contributed by atoms with van der Waals surface area (Å²) in [4.78, 5) is 14.0. The Balaban J connectivity index is 1.84. The van der Waals surface area contributed by atoms with Crippen LogP contribution in [0.3, 0.4) is 0 Å². The minimum Gasteiger partial charge on any atom is -0.352 e. The highest BCUT2D eigenvalue weighted by molar-refractivity contribution is 5.78. The number of benzene rings is 1. The van der Waals surface area contributed by atoms with Gasteiger partial charge in [-0.05, 0) is 31.4 Å². The molecule has 19 heavy (non-hydrogen) atoms. The van der Waals surface area contributed by atoms with E-state index in [1.807, 2.05) is 18.2 Å². The van der Waals surface area contributed by atoms with E-state index in [0.717, 1.165) is 32.4 Å². The Hall–Kier alpha value is -1.39. The lowest BCUT2D eigenvalue weighted by atomic mass is 10.2. The Morgan fingerprint density at radius 1 is 1.32 bits per heavy atom. The molecular weight excluding hydrogens is 238 g/mol. The zero-order chi connectivity index (χ0) is 13.5. The highest BCUT2D eigenvalue weighted by Gasteiger charge is 2.23. The molecule has 4 nitrogen and oxygen atoms in total. The van der Waals surface area contributed by atoms with Gasteiger partial charge >= 0.3 is 0 Å². The second-order valence-electron chi connectivity index (χ2n) is 5.18. The Morgan fingerprint density at radius 3 is 2.68 bits per heavy atom. The molecule has 0 spiro atoms. The zero-order valence-corrected chi connectivity index (χ0v) is 11.3. The van der Waals surface area contributed by atoms with Crippen LogP contribution in [0.15, 0.2) is 30.3 Å². The molecule has 0 bridgehead atoms. The molecule has 1 aromatic rings. The van der Waals surface area contributed by atoms with E-state index in [9.17, 15) is 4.79 Å². The van der Waals surface area contributed by atoms with Crippen LogP contribution in [0.5, 0.6) is 0 Å². The number of rotatable bonds is 8. The summed E-state index contributed by atoms with van der Waals surface area (Å²) < 4.78 is 0. The molecule has 2 rings (SSSR count). The second-order valence-corrected chi connectivity index (χ2v) is 5.18. The van der Waals surface area contributed by atoms with Crippen molar-refractivity contribution >= 4 is 5.91 Å². The summed E-state index contributed by atoms with van der Waals surface area (Å²) >= 11 is 0. The third kappa shape index (κ3) is 5.41. The number of nitrogens with two attached hydrogens (primary N) is 1. The third-order valence-electron chi connectivity index (χ3n) is 3.24. The standard InChI is InChI=1S/C15H23N3O/c16-9-4-10-18(11-13-5-2-1-3-6-13)12-15(19)17-14-7-8-14/h1-3,5-6,14H,4,7-12,16H2,(H,17,19). The van der Waals surface area contributed by atoms with E-state index in [-0.39, 0.29) is 5.91 Å². The maximum Gasteiger partial charge on any atom is 0.234 e. The first-order valence-electron chi connectivity index (χ1n) is 7.03. The first kappa shape index (κ1) is 14.0. The van der Waals surface area contributed by atoms with Gasteiger partial charge < -0.3 is 11.1 Å². The summed E-state index contributed by atoms with van der Waals surface area (Å²) in [6.45, 7) is 2.79. The largest absolute Gasteiger partial charge is 0.352 e. The van der Waals surface area contributed by atoms with Crippen LogP contribution in [0.4, 0.5) is 0 Å². The van der Waals surface area contributed by atoms with E-state index in [2.05, 4.69) is 22.3 Å². The van der Waals surface area contributed by atoms with E-state index < -0.39 is 0 Å². The Morgan fingerprint density at radius 2 is 2.05 bits per heavy atom. The predicted octanol–water partition coefficient (Wildman–Crippen LogP) is 1.12. The molecule has 0 aliphatic heterocycles. The quantitative estimate of drug-likeness (QED) is 0.737. The summed E-state index contributed by atoms with van der Waals surface area (Å²) in [7, 11) is 0. The first-order valence-corrected chi connectivity index (χ1v) is 7.03. The molecule has 1 saturated carbocycles. The summed E-state index contributed by atoms with van der Waals surface area (Å²) in [6.07, 6.45) is 3.18. The topological polar surface area (TPSA) is 58.4 Å². The van der Waals surface area contributed by atoms with Crippen molar-refractivity contribution in [3.63, 3.8) is 0 Å². The third-order valence-corrected chi connectivity index (χ3v) is 3.24. The van der Waals surface area contributed by atoms with E-state index in [0.29, 0.717) is 19.1 Å². The lowest BCUT2D eigenvalue weighted by molar-refractivity contribution is -0.122. The number of amides is 1. The number of nitrogens with one attached hydrogen (secondary N) is 1. The molecule has 1 fully saturated rings. The number of hydrogen-bond acceptors (Lipinski definition) is 3. The van der Waals surface area contributed by atoms with Gasteiger partial charge in [0.1, 0.15) is 0 Å². The molecule has 1 aromatic carbocycles. The molecule has 0 atom stereocenters. The van der Waals surface area contributed by atoms with Gasteiger partial charge in [-0.2, -0.15) is 0 Å². The molecule has 0 heterocycles. The Kier molecular flexibility index (Phi) is 5.36. The highest BCUT2D eigenvalue weighted by atomic mass is 16.2. The normalized spacial score (nSPS) is 14.6. The minimum absolute atomic E-state index is 0.135. The van der Waals surface area contributed by atoms with Crippen molar-refractivity contribution in [3.8, 4) is 0 Å². The molecule has 0 aromatic heterocycles. The van der Waals surface area contributed by atoms with E-state index >= 15 is 0 Å². The van der Waals surface area contributed by atoms with Crippen molar-refractivity contribution in [2.75, 3.05) is 19.6 Å². The fourth-order valence-corrected chi connectivity index (χ4v) is 2.07. The average Bonchev–Trinajstić information content (AvgIpc) is 3.21. The maximum atomic E-state index is 11.9. The van der Waals surface area contributed by atoms with Crippen molar-refractivity contribution < 1.29 is 4.79 Å². The molecule has 104 valence electrons. The van der Waals surface area contributed by atoms with Crippen LogP contribution in [0.25, 0.3) is 0 Å². The number of hydrogen-bond donors (Lipinski definition) is 2. The van der Waals surface area contributed by atoms with Crippen LogP contribution in [0, 0.1) is 0 Å². The molecule has 0 unspecified atom stereocenters. The fraction of sp³-hybridized carbons (Fsp3) is 0.533. The lowest BCUT2D eigenvalue weighted by Crippen LogP contribution is -2.38. The SMILES string of the molecule is NCCCN(CC(=O)NC1CC1)Cc1ccccc1. The van der Waals surface area contributed by atoms with Gasteiger partial charge in [0.05, 0.1) is 6.54 Å². The van der Waals surface area contributed by atoms with Gasteiger partial charge in [0, 0.05) is 19.1 Å². The molecule has 1 aliphatic carbocycles. The van der Waals surface area contributed by atoms with Gasteiger partial charge in [0.25, 0.3) is 0 Å². The van der Waals surface area contributed by atoms with Gasteiger partial charge in [-0.25, -0.2) is 0 Å². The van der Waals surface area contributed by atoms with Crippen LogP contribution < -0.4 is 11.1 Å². The fourth-order valence-electron chi connectivity index (χ4n) is 2.07. The molecule has 4 heteroatoms. The summed E-state index contributed by atoms with van der Waals surface area (Å²) in [5, 5.41) is 3.03. The zero-order valence-electron chi connectivity index (χ0n) is 11.3. The molecule has 1 aliphatic rings. The van der Waals surface area contributed by atoms with E-state index in [4.69, 9.17) is 5.73 Å². The van der Waals surface area contributed by atoms with E-state index in [1.165, 1.54) is 5.56 Å². The van der Waals surface area contributed by atoms with Crippen molar-refractivity contribution in [2.45, 2.75) is 31.8 Å². The first-order chi connectivity index (χ1) is 9.28. The smallest absolute Gasteiger partial charge is 0.234 e. The van der Waals surface area contributed by atoms with Gasteiger partial charge in [-0.1, -0.05) is 30.3 Å². The predicted molar refractivity (Wildman–Crippen MR) is 76.6 cm³/mol. The van der Waals surface area contributed by atoms with Crippen LogP contribution >= 0.6 is 0 Å². The molecular formula is C15H23N3O. The number of nitrogens with zero attached hydrogens (tertiary/aromatic N) is 1. The molecule has 0 radical (unpaired) electrons. The second kappa shape index (κ2) is 7.26. The Bertz CT molecular complexity index is 390.